The minimum atomic E-state index is 0.446. The largest absolute Gasteiger partial charge is 0.472 e. The first-order valence-electron chi connectivity index (χ1n) is 6.46. The molecule has 0 atom stereocenters. The number of nitriles is 1. The average molecular weight is 250 g/mol. The maximum atomic E-state index is 9.18. The molecule has 0 spiro atoms. The zero-order valence-corrected chi connectivity index (χ0v) is 10.6. The Bertz CT molecular complexity index is 629. The highest BCUT2D eigenvalue weighted by molar-refractivity contribution is 5.44. The van der Waals surface area contributed by atoms with Crippen LogP contribution in [-0.4, -0.2) is 4.98 Å². The Balaban J connectivity index is 1.83. The number of benzene rings is 1. The minimum Gasteiger partial charge on any atom is -0.472 e. The van der Waals surface area contributed by atoms with Crippen molar-refractivity contribution in [2.75, 3.05) is 0 Å². The summed E-state index contributed by atoms with van der Waals surface area (Å²) in [5, 5.41) is 9.18. The molecule has 0 saturated heterocycles. The third-order valence-corrected chi connectivity index (χ3v) is 3.35. The van der Waals surface area contributed by atoms with E-state index in [1.807, 2.05) is 36.4 Å². The quantitative estimate of drug-likeness (QED) is 0.841. The molecule has 2 aromatic rings. The highest BCUT2D eigenvalue weighted by atomic mass is 16.5. The Morgan fingerprint density at radius 3 is 2.84 bits per heavy atom. The van der Waals surface area contributed by atoms with Gasteiger partial charge < -0.3 is 4.74 Å². The second kappa shape index (κ2) is 5.11. The number of pyridine rings is 1. The maximum Gasteiger partial charge on any atom is 0.232 e. The second-order valence-electron chi connectivity index (χ2n) is 4.69. The van der Waals surface area contributed by atoms with Crippen molar-refractivity contribution >= 4 is 0 Å². The van der Waals surface area contributed by atoms with Gasteiger partial charge in [-0.1, -0.05) is 30.3 Å². The number of aromatic nitrogens is 1. The van der Waals surface area contributed by atoms with Gasteiger partial charge in [0.2, 0.25) is 5.88 Å². The Hall–Kier alpha value is -2.34. The van der Waals surface area contributed by atoms with Gasteiger partial charge in [0.15, 0.2) is 0 Å². The highest BCUT2D eigenvalue weighted by Crippen LogP contribution is 2.26. The lowest BCUT2D eigenvalue weighted by Gasteiger charge is -2.09. The fourth-order valence-electron chi connectivity index (χ4n) is 2.37. The first-order chi connectivity index (χ1) is 9.36. The Kier molecular flexibility index (Phi) is 3.16. The molecule has 94 valence electrons. The van der Waals surface area contributed by atoms with Crippen LogP contribution in [0.25, 0.3) is 0 Å². The van der Waals surface area contributed by atoms with Crippen molar-refractivity contribution in [1.82, 2.24) is 4.98 Å². The average Bonchev–Trinajstić information content (AvgIpc) is 2.92. The molecule has 1 aliphatic rings. The number of fused-ring (bicyclic) bond motifs is 1. The Labute approximate surface area is 112 Å². The normalized spacial score (nSPS) is 12.8. The van der Waals surface area contributed by atoms with Crippen LogP contribution in [0.3, 0.4) is 0 Å². The summed E-state index contributed by atoms with van der Waals surface area (Å²) in [6.07, 6.45) is 3.13. The van der Waals surface area contributed by atoms with Crippen molar-refractivity contribution in [3.05, 3.63) is 58.8 Å². The topological polar surface area (TPSA) is 45.9 Å². The van der Waals surface area contributed by atoms with Crippen LogP contribution in [-0.2, 0) is 19.4 Å². The molecule has 1 aliphatic carbocycles. The van der Waals surface area contributed by atoms with Gasteiger partial charge in [0.1, 0.15) is 18.2 Å². The van der Waals surface area contributed by atoms with Gasteiger partial charge in [-0.05, 0) is 36.5 Å². The van der Waals surface area contributed by atoms with Crippen molar-refractivity contribution < 1.29 is 4.74 Å². The van der Waals surface area contributed by atoms with E-state index in [9.17, 15) is 5.26 Å². The third-order valence-electron chi connectivity index (χ3n) is 3.35. The molecule has 0 bridgehead atoms. The Morgan fingerprint density at radius 2 is 2.05 bits per heavy atom. The molecule has 0 saturated carbocycles. The van der Waals surface area contributed by atoms with Gasteiger partial charge in [-0.2, -0.15) is 5.26 Å². The maximum absolute atomic E-state index is 9.18. The van der Waals surface area contributed by atoms with Gasteiger partial charge in [-0.15, -0.1) is 0 Å². The van der Waals surface area contributed by atoms with Crippen LogP contribution in [0.5, 0.6) is 5.88 Å². The highest BCUT2D eigenvalue weighted by Gasteiger charge is 2.17. The number of rotatable bonds is 3. The molecule has 1 heterocycles. The van der Waals surface area contributed by atoms with E-state index in [1.54, 1.807) is 0 Å². The number of hydrogen-bond acceptors (Lipinski definition) is 3. The summed E-state index contributed by atoms with van der Waals surface area (Å²) >= 11 is 0. The van der Waals surface area contributed by atoms with E-state index in [1.165, 1.54) is 5.56 Å². The predicted molar refractivity (Wildman–Crippen MR) is 71.8 cm³/mol. The monoisotopic (exact) mass is 250 g/mol. The molecule has 0 fully saturated rings. The first kappa shape index (κ1) is 11.7. The van der Waals surface area contributed by atoms with E-state index < -0.39 is 0 Å². The van der Waals surface area contributed by atoms with Crippen LogP contribution in [0, 0.1) is 11.3 Å². The molecule has 1 aromatic heterocycles. The molecule has 0 unspecified atom stereocenters. The van der Waals surface area contributed by atoms with Crippen molar-refractivity contribution in [2.45, 2.75) is 25.9 Å². The standard InChI is InChI=1S/C16H14N2O/c17-10-14-9-13-7-4-8-15(13)18-16(14)19-11-12-5-2-1-3-6-12/h1-3,5-6,9H,4,7-8,11H2. The molecule has 19 heavy (non-hydrogen) atoms. The van der Waals surface area contributed by atoms with Gasteiger partial charge in [-0.3, -0.25) is 0 Å². The molecule has 3 nitrogen and oxygen atoms in total. The van der Waals surface area contributed by atoms with Crippen LogP contribution in [0.4, 0.5) is 0 Å². The summed E-state index contributed by atoms with van der Waals surface area (Å²) in [7, 11) is 0. The van der Waals surface area contributed by atoms with Gasteiger partial charge in [0.05, 0.1) is 0 Å². The zero-order chi connectivity index (χ0) is 13.1. The van der Waals surface area contributed by atoms with Crippen LogP contribution < -0.4 is 4.74 Å². The molecule has 0 amide bonds. The summed E-state index contributed by atoms with van der Waals surface area (Å²) in [5.74, 6) is 0.465. The van der Waals surface area contributed by atoms with Gasteiger partial charge in [0, 0.05) is 5.69 Å². The number of nitrogens with zero attached hydrogens (tertiary/aromatic N) is 2. The number of hydrogen-bond donors (Lipinski definition) is 0. The molecule has 0 radical (unpaired) electrons. The third kappa shape index (κ3) is 2.43. The zero-order valence-electron chi connectivity index (χ0n) is 10.6. The molecule has 0 N–H and O–H groups in total. The molecule has 0 aliphatic heterocycles. The van der Waals surface area contributed by atoms with Crippen molar-refractivity contribution in [3.63, 3.8) is 0 Å². The summed E-state index contributed by atoms with van der Waals surface area (Å²) in [4.78, 5) is 4.49. The second-order valence-corrected chi connectivity index (χ2v) is 4.69. The van der Waals surface area contributed by atoms with E-state index in [-0.39, 0.29) is 0 Å². The smallest absolute Gasteiger partial charge is 0.232 e. The van der Waals surface area contributed by atoms with Gasteiger partial charge >= 0.3 is 0 Å². The molecular weight excluding hydrogens is 236 g/mol. The lowest BCUT2D eigenvalue weighted by molar-refractivity contribution is 0.292. The van der Waals surface area contributed by atoms with Crippen LogP contribution in [0.15, 0.2) is 36.4 Å². The lowest BCUT2D eigenvalue weighted by Crippen LogP contribution is -2.02. The fraction of sp³-hybridized carbons (Fsp3) is 0.250. The summed E-state index contributed by atoms with van der Waals surface area (Å²) in [5.41, 5.74) is 3.90. The van der Waals surface area contributed by atoms with E-state index >= 15 is 0 Å². The van der Waals surface area contributed by atoms with Crippen LogP contribution in [0.1, 0.15) is 28.8 Å². The molecule has 3 rings (SSSR count). The van der Waals surface area contributed by atoms with E-state index in [2.05, 4.69) is 11.1 Å². The molecular formula is C16H14N2O. The minimum absolute atomic E-state index is 0.446. The van der Waals surface area contributed by atoms with E-state index in [0.29, 0.717) is 18.1 Å². The number of aryl methyl sites for hydroxylation is 2. The van der Waals surface area contributed by atoms with Crippen LogP contribution in [0.2, 0.25) is 0 Å². The fourth-order valence-corrected chi connectivity index (χ4v) is 2.37. The van der Waals surface area contributed by atoms with Crippen LogP contribution >= 0.6 is 0 Å². The van der Waals surface area contributed by atoms with Crippen molar-refractivity contribution in [3.8, 4) is 11.9 Å². The van der Waals surface area contributed by atoms with E-state index in [0.717, 1.165) is 30.5 Å². The summed E-state index contributed by atoms with van der Waals surface area (Å²) in [6.45, 7) is 0.446. The van der Waals surface area contributed by atoms with Gasteiger partial charge in [0.25, 0.3) is 0 Å². The Morgan fingerprint density at radius 1 is 1.21 bits per heavy atom. The first-order valence-corrected chi connectivity index (χ1v) is 6.46. The van der Waals surface area contributed by atoms with Crippen molar-refractivity contribution in [2.24, 2.45) is 0 Å². The van der Waals surface area contributed by atoms with Gasteiger partial charge in [-0.25, -0.2) is 4.98 Å². The lowest BCUT2D eigenvalue weighted by atomic mass is 10.1. The summed E-state index contributed by atoms with van der Waals surface area (Å²) < 4.78 is 5.71. The summed E-state index contributed by atoms with van der Waals surface area (Å²) in [6, 6.07) is 14.0. The predicted octanol–water partition coefficient (Wildman–Crippen LogP) is 3.02. The number of ether oxygens (including phenoxy) is 1. The molecule has 1 aromatic carbocycles. The molecule has 3 heteroatoms. The van der Waals surface area contributed by atoms with E-state index in [4.69, 9.17) is 4.74 Å². The van der Waals surface area contributed by atoms with Crippen molar-refractivity contribution in [1.29, 1.82) is 5.26 Å². The SMILES string of the molecule is N#Cc1cc2c(nc1OCc1ccccc1)CCC2.